The van der Waals surface area contributed by atoms with E-state index in [9.17, 15) is 4.79 Å². The molecule has 0 aromatic carbocycles. The van der Waals surface area contributed by atoms with Crippen LogP contribution < -0.4 is 0 Å². The van der Waals surface area contributed by atoms with Gasteiger partial charge in [0.25, 0.3) is 0 Å². The first kappa shape index (κ1) is 21.3. The third-order valence-corrected chi connectivity index (χ3v) is 6.95. The number of rotatable bonds is 14. The summed E-state index contributed by atoms with van der Waals surface area (Å²) in [6, 6.07) is 0. The normalized spacial score (nSPS) is 18.9. The summed E-state index contributed by atoms with van der Waals surface area (Å²) in [5.74, 6) is 1.24. The first-order chi connectivity index (χ1) is 11.6. The van der Waals surface area contributed by atoms with Crippen LogP contribution in [0.5, 0.6) is 0 Å². The molecule has 1 unspecified atom stereocenters. The standard InChI is InChI=1S/C21H36O2S/c1-3-4-5-6-7-8-10-14-19-15-13-16-20(19)24(2)18-12-9-11-17-21(22)23/h10,14,16,19H,3-9,11-13,15,17-18H2,1-2H3/p+1/t19-,24?/m0/s1. The van der Waals surface area contributed by atoms with E-state index in [0.717, 1.165) is 19.3 Å². The van der Waals surface area contributed by atoms with E-state index in [4.69, 9.17) is 5.11 Å². The van der Waals surface area contributed by atoms with Crippen molar-refractivity contribution in [2.75, 3.05) is 12.0 Å². The number of allylic oxidation sites excluding steroid dienone is 4. The van der Waals surface area contributed by atoms with Crippen LogP contribution in [0.4, 0.5) is 0 Å². The number of aliphatic carboxylic acids is 1. The summed E-state index contributed by atoms with van der Waals surface area (Å²) in [6.45, 7) is 2.27. The van der Waals surface area contributed by atoms with Gasteiger partial charge in [0.05, 0.1) is 0 Å². The zero-order valence-corrected chi connectivity index (χ0v) is 16.6. The van der Waals surface area contributed by atoms with Crippen LogP contribution in [-0.2, 0) is 15.7 Å². The van der Waals surface area contributed by atoms with E-state index >= 15 is 0 Å². The van der Waals surface area contributed by atoms with Crippen molar-refractivity contribution in [1.82, 2.24) is 0 Å². The highest BCUT2D eigenvalue weighted by atomic mass is 32.2. The SMILES string of the molecule is CCCCCCCC=C[C@H]1CCC=C1[S+](C)CCCCCC(=O)O. The van der Waals surface area contributed by atoms with Crippen LogP contribution in [0.2, 0.25) is 0 Å². The Morgan fingerprint density at radius 2 is 1.96 bits per heavy atom. The van der Waals surface area contributed by atoms with Crippen molar-refractivity contribution in [1.29, 1.82) is 0 Å². The third kappa shape index (κ3) is 9.56. The van der Waals surface area contributed by atoms with Crippen molar-refractivity contribution in [3.63, 3.8) is 0 Å². The van der Waals surface area contributed by atoms with E-state index in [2.05, 4.69) is 31.4 Å². The first-order valence-electron chi connectivity index (χ1n) is 9.86. The van der Waals surface area contributed by atoms with Crippen molar-refractivity contribution in [2.24, 2.45) is 5.92 Å². The van der Waals surface area contributed by atoms with Crippen LogP contribution in [0.1, 0.15) is 84.0 Å². The van der Waals surface area contributed by atoms with Gasteiger partial charge in [0.1, 0.15) is 16.9 Å². The summed E-state index contributed by atoms with van der Waals surface area (Å²) in [7, 11) is 0.361. The fourth-order valence-corrected chi connectivity index (χ4v) is 5.29. The highest BCUT2D eigenvalue weighted by Crippen LogP contribution is 2.32. The van der Waals surface area contributed by atoms with Gasteiger partial charge < -0.3 is 5.11 Å². The summed E-state index contributed by atoms with van der Waals surface area (Å²) >= 11 is 0. The molecule has 0 aromatic heterocycles. The molecule has 0 amide bonds. The van der Waals surface area contributed by atoms with Crippen LogP contribution >= 0.6 is 0 Å². The van der Waals surface area contributed by atoms with Gasteiger partial charge in [-0.2, -0.15) is 0 Å². The quantitative estimate of drug-likeness (QED) is 0.233. The molecule has 2 atom stereocenters. The molecule has 0 heterocycles. The van der Waals surface area contributed by atoms with Gasteiger partial charge in [0.2, 0.25) is 0 Å². The number of hydrogen-bond acceptors (Lipinski definition) is 1. The zero-order chi connectivity index (χ0) is 17.6. The molecule has 0 radical (unpaired) electrons. The van der Waals surface area contributed by atoms with Crippen LogP contribution in [0.15, 0.2) is 23.1 Å². The highest BCUT2D eigenvalue weighted by molar-refractivity contribution is 7.99. The average Bonchev–Trinajstić information content (AvgIpc) is 3.02. The van der Waals surface area contributed by atoms with Crippen molar-refractivity contribution in [3.05, 3.63) is 23.1 Å². The Balaban J connectivity index is 2.20. The summed E-state index contributed by atoms with van der Waals surface area (Å²) in [5, 5.41) is 8.68. The van der Waals surface area contributed by atoms with Crippen LogP contribution in [0, 0.1) is 5.92 Å². The molecule has 1 rings (SSSR count). The van der Waals surface area contributed by atoms with Gasteiger partial charge in [-0.1, -0.05) is 44.8 Å². The van der Waals surface area contributed by atoms with Crippen LogP contribution in [0.25, 0.3) is 0 Å². The lowest BCUT2D eigenvalue weighted by atomic mass is 10.1. The molecule has 2 nitrogen and oxygen atoms in total. The Kier molecular flexibility index (Phi) is 12.1. The lowest BCUT2D eigenvalue weighted by Gasteiger charge is -2.10. The minimum atomic E-state index is -0.663. The number of carboxylic acid groups (broad SMARTS) is 1. The Labute approximate surface area is 152 Å². The molecule has 0 saturated heterocycles. The van der Waals surface area contributed by atoms with Crippen molar-refractivity contribution in [2.45, 2.75) is 84.0 Å². The number of unbranched alkanes of at least 4 members (excludes halogenated alkanes) is 7. The molecule has 0 aromatic rings. The lowest BCUT2D eigenvalue weighted by molar-refractivity contribution is -0.137. The van der Waals surface area contributed by atoms with Gasteiger partial charge in [0.15, 0.2) is 0 Å². The highest BCUT2D eigenvalue weighted by Gasteiger charge is 2.29. The van der Waals surface area contributed by atoms with Crippen LogP contribution in [-0.4, -0.2) is 23.1 Å². The van der Waals surface area contributed by atoms with Crippen molar-refractivity contribution >= 4 is 16.9 Å². The molecule has 24 heavy (non-hydrogen) atoms. The molecule has 0 fully saturated rings. The fourth-order valence-electron chi connectivity index (χ4n) is 3.31. The van der Waals surface area contributed by atoms with Crippen molar-refractivity contribution in [3.8, 4) is 0 Å². The van der Waals surface area contributed by atoms with Gasteiger partial charge in [-0.05, 0) is 51.0 Å². The second-order valence-corrected chi connectivity index (χ2v) is 9.12. The van der Waals surface area contributed by atoms with E-state index in [1.807, 2.05) is 0 Å². The van der Waals surface area contributed by atoms with E-state index in [-0.39, 0.29) is 0 Å². The maximum absolute atomic E-state index is 10.5. The van der Waals surface area contributed by atoms with Gasteiger partial charge in [-0.25, -0.2) is 0 Å². The van der Waals surface area contributed by atoms with Crippen LogP contribution in [0.3, 0.4) is 0 Å². The van der Waals surface area contributed by atoms with Gasteiger partial charge >= 0.3 is 5.97 Å². The Bertz CT molecular complexity index is 401. The zero-order valence-electron chi connectivity index (χ0n) is 15.8. The predicted octanol–water partition coefficient (Wildman–Crippen LogP) is 6.09. The van der Waals surface area contributed by atoms with E-state index < -0.39 is 5.97 Å². The van der Waals surface area contributed by atoms with Gasteiger partial charge in [0, 0.05) is 23.2 Å². The summed E-state index contributed by atoms with van der Waals surface area (Å²) in [5.41, 5.74) is 0. The molecule has 1 aliphatic carbocycles. The Morgan fingerprint density at radius 1 is 1.21 bits per heavy atom. The maximum Gasteiger partial charge on any atom is 0.303 e. The fraction of sp³-hybridized carbons (Fsp3) is 0.762. The minimum absolute atomic E-state index is 0.323. The first-order valence-corrected chi connectivity index (χ1v) is 11.7. The molecule has 3 heteroatoms. The molecule has 0 bridgehead atoms. The Hall–Kier alpha value is -0.700. The summed E-state index contributed by atoms with van der Waals surface area (Å²) in [6.07, 6.45) is 23.6. The van der Waals surface area contributed by atoms with E-state index in [1.165, 1.54) is 57.1 Å². The van der Waals surface area contributed by atoms with E-state index in [0.29, 0.717) is 23.2 Å². The molecule has 1 N–H and O–H groups in total. The van der Waals surface area contributed by atoms with Gasteiger partial charge in [-0.3, -0.25) is 4.79 Å². The molecular formula is C21H37O2S+. The molecule has 0 saturated carbocycles. The monoisotopic (exact) mass is 353 g/mol. The molecule has 1 aliphatic rings. The topological polar surface area (TPSA) is 37.3 Å². The number of hydrogen-bond donors (Lipinski definition) is 1. The molecule has 0 spiro atoms. The summed E-state index contributed by atoms with van der Waals surface area (Å²) < 4.78 is 0. The summed E-state index contributed by atoms with van der Waals surface area (Å²) in [4.78, 5) is 12.2. The maximum atomic E-state index is 10.5. The van der Waals surface area contributed by atoms with Gasteiger partial charge in [-0.15, -0.1) is 0 Å². The molecule has 0 aliphatic heterocycles. The smallest absolute Gasteiger partial charge is 0.303 e. The van der Waals surface area contributed by atoms with E-state index in [1.54, 1.807) is 4.91 Å². The predicted molar refractivity (Wildman–Crippen MR) is 108 cm³/mol. The number of carboxylic acids is 1. The second-order valence-electron chi connectivity index (χ2n) is 6.97. The lowest BCUT2D eigenvalue weighted by Crippen LogP contribution is -2.12. The molecule has 138 valence electrons. The largest absolute Gasteiger partial charge is 0.481 e. The minimum Gasteiger partial charge on any atom is -0.481 e. The second kappa shape index (κ2) is 13.6. The van der Waals surface area contributed by atoms with Crippen molar-refractivity contribution < 1.29 is 9.90 Å². The number of carbonyl (C=O) groups is 1. The third-order valence-electron chi connectivity index (χ3n) is 4.77. The average molecular weight is 354 g/mol. The Morgan fingerprint density at radius 3 is 2.71 bits per heavy atom. The molecular weight excluding hydrogens is 316 g/mol.